The van der Waals surface area contributed by atoms with Crippen LogP contribution in [0.1, 0.15) is 12.0 Å². The molecule has 1 saturated heterocycles. The van der Waals surface area contributed by atoms with E-state index in [4.69, 9.17) is 14.6 Å². The minimum atomic E-state index is -0.867. The number of rotatable bonds is 5. The number of thioether (sulfide) groups is 1. The van der Waals surface area contributed by atoms with Crippen LogP contribution < -0.4 is 9.47 Å². The van der Waals surface area contributed by atoms with E-state index in [1.807, 2.05) is 11.8 Å². The normalized spacial score (nSPS) is 18.6. The Bertz CT molecular complexity index is 427. The van der Waals surface area contributed by atoms with E-state index in [0.29, 0.717) is 17.1 Å². The van der Waals surface area contributed by atoms with Gasteiger partial charge < -0.3 is 14.6 Å². The standard InChI is InChI=1S/C13H16O4S/c1-16-11-4-2-3-9(7-12(14)15)13(11)17-10-5-6-18-8-10/h2-4,10H,5-8H2,1H3,(H,14,15). The average molecular weight is 268 g/mol. The van der Waals surface area contributed by atoms with Crippen LogP contribution in [0.3, 0.4) is 0 Å². The van der Waals surface area contributed by atoms with Crippen molar-refractivity contribution in [2.24, 2.45) is 0 Å². The molecule has 4 nitrogen and oxygen atoms in total. The Balaban J connectivity index is 2.24. The first-order chi connectivity index (χ1) is 8.70. The number of hydrogen-bond donors (Lipinski definition) is 1. The Hall–Kier alpha value is -1.36. The molecule has 0 saturated carbocycles. The van der Waals surface area contributed by atoms with E-state index in [1.54, 1.807) is 25.3 Å². The second-order valence-electron chi connectivity index (χ2n) is 4.12. The second-order valence-corrected chi connectivity index (χ2v) is 5.27. The highest BCUT2D eigenvalue weighted by Gasteiger charge is 2.21. The van der Waals surface area contributed by atoms with Crippen molar-refractivity contribution in [2.75, 3.05) is 18.6 Å². The number of ether oxygens (including phenoxy) is 2. The number of methoxy groups -OCH3 is 1. The highest BCUT2D eigenvalue weighted by Crippen LogP contribution is 2.34. The zero-order chi connectivity index (χ0) is 13.0. The zero-order valence-electron chi connectivity index (χ0n) is 10.2. The van der Waals surface area contributed by atoms with Gasteiger partial charge >= 0.3 is 5.97 Å². The van der Waals surface area contributed by atoms with Gasteiger partial charge in [-0.2, -0.15) is 11.8 Å². The minimum Gasteiger partial charge on any atom is -0.493 e. The summed E-state index contributed by atoms with van der Waals surface area (Å²) in [4.78, 5) is 10.9. The Morgan fingerprint density at radius 2 is 2.39 bits per heavy atom. The molecule has 98 valence electrons. The van der Waals surface area contributed by atoms with Gasteiger partial charge in [0, 0.05) is 11.3 Å². The van der Waals surface area contributed by atoms with E-state index in [-0.39, 0.29) is 12.5 Å². The van der Waals surface area contributed by atoms with Crippen molar-refractivity contribution >= 4 is 17.7 Å². The molecule has 18 heavy (non-hydrogen) atoms. The Morgan fingerprint density at radius 3 is 3.00 bits per heavy atom. The summed E-state index contributed by atoms with van der Waals surface area (Å²) in [5.74, 6) is 2.35. The molecule has 0 amide bonds. The minimum absolute atomic E-state index is 0.0492. The molecular weight excluding hydrogens is 252 g/mol. The summed E-state index contributed by atoms with van der Waals surface area (Å²) in [6, 6.07) is 5.35. The first kappa shape index (κ1) is 13.1. The summed E-state index contributed by atoms with van der Waals surface area (Å²) in [5, 5.41) is 8.92. The fourth-order valence-corrected chi connectivity index (χ4v) is 3.02. The molecule has 1 heterocycles. The third kappa shape index (κ3) is 3.10. The second kappa shape index (κ2) is 6.00. The third-order valence-electron chi connectivity index (χ3n) is 2.79. The predicted octanol–water partition coefficient (Wildman–Crippen LogP) is 2.21. The van der Waals surface area contributed by atoms with Gasteiger partial charge in [0.2, 0.25) is 0 Å². The van der Waals surface area contributed by atoms with Crippen molar-refractivity contribution in [3.8, 4) is 11.5 Å². The maximum Gasteiger partial charge on any atom is 0.307 e. The van der Waals surface area contributed by atoms with E-state index in [1.165, 1.54) is 0 Å². The van der Waals surface area contributed by atoms with Gasteiger partial charge in [-0.25, -0.2) is 0 Å². The van der Waals surface area contributed by atoms with Gasteiger partial charge in [-0.3, -0.25) is 4.79 Å². The van der Waals surface area contributed by atoms with Crippen LogP contribution in [0, 0.1) is 0 Å². The van der Waals surface area contributed by atoms with Gasteiger partial charge in [-0.05, 0) is 18.2 Å². The van der Waals surface area contributed by atoms with Crippen LogP contribution in [0.15, 0.2) is 18.2 Å². The topological polar surface area (TPSA) is 55.8 Å². The molecule has 1 aromatic rings. The molecule has 1 fully saturated rings. The lowest BCUT2D eigenvalue weighted by atomic mass is 10.1. The molecule has 5 heteroatoms. The van der Waals surface area contributed by atoms with Crippen molar-refractivity contribution in [1.29, 1.82) is 0 Å². The molecule has 1 N–H and O–H groups in total. The Labute approximate surface area is 110 Å². The van der Waals surface area contributed by atoms with Crippen LogP contribution in [-0.4, -0.2) is 35.8 Å². The Kier molecular flexibility index (Phi) is 4.36. The van der Waals surface area contributed by atoms with Crippen molar-refractivity contribution in [1.82, 2.24) is 0 Å². The third-order valence-corrected chi connectivity index (χ3v) is 3.93. The van der Waals surface area contributed by atoms with Crippen LogP contribution in [0.4, 0.5) is 0 Å². The molecule has 1 atom stereocenters. The van der Waals surface area contributed by atoms with Gasteiger partial charge in [0.05, 0.1) is 13.5 Å². The SMILES string of the molecule is COc1cccc(CC(=O)O)c1OC1CCSC1. The molecule has 1 aliphatic heterocycles. The van der Waals surface area contributed by atoms with E-state index in [0.717, 1.165) is 17.9 Å². The molecule has 0 aliphatic carbocycles. The smallest absolute Gasteiger partial charge is 0.307 e. The summed E-state index contributed by atoms with van der Waals surface area (Å²) in [5.41, 5.74) is 0.666. The predicted molar refractivity (Wildman–Crippen MR) is 70.7 cm³/mol. The lowest BCUT2D eigenvalue weighted by Crippen LogP contribution is -2.17. The van der Waals surface area contributed by atoms with Gasteiger partial charge in [-0.1, -0.05) is 12.1 Å². The number of carbonyl (C=O) groups is 1. The molecule has 0 aromatic heterocycles. The molecule has 0 bridgehead atoms. The quantitative estimate of drug-likeness (QED) is 0.887. The molecule has 1 aromatic carbocycles. The van der Waals surface area contributed by atoms with Crippen LogP contribution in [0.25, 0.3) is 0 Å². The first-order valence-electron chi connectivity index (χ1n) is 5.82. The van der Waals surface area contributed by atoms with Crippen molar-refractivity contribution < 1.29 is 19.4 Å². The number of aliphatic carboxylic acids is 1. The van der Waals surface area contributed by atoms with E-state index in [2.05, 4.69) is 0 Å². The maximum absolute atomic E-state index is 10.9. The summed E-state index contributed by atoms with van der Waals surface area (Å²) in [7, 11) is 1.57. The molecular formula is C13H16O4S. The molecule has 0 radical (unpaired) electrons. The Morgan fingerprint density at radius 1 is 1.56 bits per heavy atom. The van der Waals surface area contributed by atoms with E-state index in [9.17, 15) is 4.79 Å². The lowest BCUT2D eigenvalue weighted by Gasteiger charge is -2.18. The number of benzene rings is 1. The largest absolute Gasteiger partial charge is 0.493 e. The fourth-order valence-electron chi connectivity index (χ4n) is 1.93. The van der Waals surface area contributed by atoms with Gasteiger partial charge in [0.1, 0.15) is 6.10 Å². The number of hydrogen-bond acceptors (Lipinski definition) is 4. The lowest BCUT2D eigenvalue weighted by molar-refractivity contribution is -0.136. The van der Waals surface area contributed by atoms with E-state index < -0.39 is 5.97 Å². The summed E-state index contributed by atoms with van der Waals surface area (Å²) in [6.07, 6.45) is 1.10. The van der Waals surface area contributed by atoms with Crippen LogP contribution in [0.2, 0.25) is 0 Å². The number of para-hydroxylation sites is 1. The highest BCUT2D eigenvalue weighted by atomic mass is 32.2. The van der Waals surface area contributed by atoms with Crippen molar-refractivity contribution in [2.45, 2.75) is 18.9 Å². The molecule has 2 rings (SSSR count). The zero-order valence-corrected chi connectivity index (χ0v) is 11.0. The van der Waals surface area contributed by atoms with Crippen molar-refractivity contribution in [3.63, 3.8) is 0 Å². The van der Waals surface area contributed by atoms with Gasteiger partial charge in [0.25, 0.3) is 0 Å². The molecule has 0 spiro atoms. The summed E-state index contributed by atoms with van der Waals surface area (Å²) in [6.45, 7) is 0. The summed E-state index contributed by atoms with van der Waals surface area (Å²) >= 11 is 1.85. The van der Waals surface area contributed by atoms with E-state index >= 15 is 0 Å². The van der Waals surface area contributed by atoms with Gasteiger partial charge in [0.15, 0.2) is 11.5 Å². The monoisotopic (exact) mass is 268 g/mol. The molecule has 1 aliphatic rings. The van der Waals surface area contributed by atoms with Gasteiger partial charge in [-0.15, -0.1) is 0 Å². The number of carboxylic acid groups (broad SMARTS) is 1. The summed E-state index contributed by atoms with van der Waals surface area (Å²) < 4.78 is 11.2. The molecule has 1 unspecified atom stereocenters. The first-order valence-corrected chi connectivity index (χ1v) is 6.98. The van der Waals surface area contributed by atoms with Crippen LogP contribution >= 0.6 is 11.8 Å². The number of carboxylic acids is 1. The highest BCUT2D eigenvalue weighted by molar-refractivity contribution is 7.99. The maximum atomic E-state index is 10.9. The van der Waals surface area contributed by atoms with Crippen LogP contribution in [-0.2, 0) is 11.2 Å². The fraction of sp³-hybridized carbons (Fsp3) is 0.462. The van der Waals surface area contributed by atoms with Crippen LogP contribution in [0.5, 0.6) is 11.5 Å². The van der Waals surface area contributed by atoms with Crippen molar-refractivity contribution in [3.05, 3.63) is 23.8 Å². The average Bonchev–Trinajstić information content (AvgIpc) is 2.83.